The normalized spacial score (nSPS) is 22.3. The Labute approximate surface area is 200 Å². The van der Waals surface area contributed by atoms with E-state index in [0.717, 1.165) is 20.3 Å². The van der Waals surface area contributed by atoms with Gasteiger partial charge in [0.25, 0.3) is 0 Å². The lowest BCUT2D eigenvalue weighted by Crippen LogP contribution is -2.38. The maximum Gasteiger partial charge on any atom is 0.185 e. The van der Waals surface area contributed by atoms with Crippen LogP contribution in [0.4, 0.5) is 0 Å². The van der Waals surface area contributed by atoms with E-state index in [1.807, 2.05) is 83.9 Å². The number of carbonyl (C=O) groups is 1. The molecule has 2 aliphatic heterocycles. The van der Waals surface area contributed by atoms with Gasteiger partial charge in [-0.05, 0) is 51.4 Å². The van der Waals surface area contributed by atoms with E-state index < -0.39 is 23.4 Å². The standard InChI is InChI=1S/C27H18IN3O/c28-22-13-7-6-12-21(22)23-24(25(32)19-9-2-1-3-10-19)31-15-14-18-8-4-5-11-20(18)26(31)27(23,16-29)17-30/h1-15,23-24,26H/t23-,24+,26-/m0/s1. The Morgan fingerprint density at radius 2 is 1.50 bits per heavy atom. The Balaban J connectivity index is 1.80. The first-order valence-electron chi connectivity index (χ1n) is 10.3. The van der Waals surface area contributed by atoms with Crippen LogP contribution in [0.25, 0.3) is 6.08 Å². The van der Waals surface area contributed by atoms with Crippen molar-refractivity contribution in [2.24, 2.45) is 5.41 Å². The molecule has 1 fully saturated rings. The van der Waals surface area contributed by atoms with Crippen LogP contribution in [0.2, 0.25) is 0 Å². The Morgan fingerprint density at radius 3 is 2.19 bits per heavy atom. The minimum absolute atomic E-state index is 0.0864. The lowest BCUT2D eigenvalue weighted by Gasteiger charge is -2.34. The average Bonchev–Trinajstić information content (AvgIpc) is 3.15. The highest BCUT2D eigenvalue weighted by Crippen LogP contribution is 2.60. The molecule has 3 aromatic carbocycles. The summed E-state index contributed by atoms with van der Waals surface area (Å²) in [4.78, 5) is 15.9. The number of nitrogens with zero attached hydrogens (tertiary/aromatic N) is 3. The second-order valence-electron chi connectivity index (χ2n) is 8.06. The maximum atomic E-state index is 13.9. The number of nitriles is 2. The molecule has 4 nitrogen and oxygen atoms in total. The van der Waals surface area contributed by atoms with Crippen LogP contribution in [0.1, 0.15) is 39.0 Å². The fraction of sp³-hybridized carbons (Fsp3) is 0.148. The van der Waals surface area contributed by atoms with Crippen LogP contribution in [-0.4, -0.2) is 16.7 Å². The van der Waals surface area contributed by atoms with Crippen molar-refractivity contribution in [1.29, 1.82) is 10.5 Å². The molecule has 0 amide bonds. The summed E-state index contributed by atoms with van der Waals surface area (Å²) in [6.45, 7) is 0. The molecule has 3 atom stereocenters. The molecular weight excluding hydrogens is 509 g/mol. The average molecular weight is 527 g/mol. The summed E-state index contributed by atoms with van der Waals surface area (Å²) in [5, 5.41) is 21.1. The number of benzene rings is 3. The molecule has 1 saturated heterocycles. The van der Waals surface area contributed by atoms with Crippen molar-refractivity contribution in [2.45, 2.75) is 18.0 Å². The molecule has 0 saturated carbocycles. The van der Waals surface area contributed by atoms with Gasteiger partial charge in [-0.2, -0.15) is 10.5 Å². The van der Waals surface area contributed by atoms with Crippen LogP contribution in [0.5, 0.6) is 0 Å². The quantitative estimate of drug-likeness (QED) is 0.324. The van der Waals surface area contributed by atoms with E-state index in [1.54, 1.807) is 12.1 Å². The second kappa shape index (κ2) is 7.93. The maximum absolute atomic E-state index is 13.9. The van der Waals surface area contributed by atoms with Crippen LogP contribution in [0.3, 0.4) is 0 Å². The van der Waals surface area contributed by atoms with Gasteiger partial charge >= 0.3 is 0 Å². The fourth-order valence-corrected chi connectivity index (χ4v) is 5.86. The van der Waals surface area contributed by atoms with Crippen molar-refractivity contribution >= 4 is 34.5 Å². The molecule has 32 heavy (non-hydrogen) atoms. The van der Waals surface area contributed by atoms with Gasteiger partial charge < -0.3 is 4.90 Å². The number of carbonyl (C=O) groups excluding carboxylic acids is 1. The molecule has 0 N–H and O–H groups in total. The minimum atomic E-state index is -1.43. The van der Waals surface area contributed by atoms with Crippen molar-refractivity contribution < 1.29 is 4.79 Å². The third kappa shape index (κ3) is 2.89. The van der Waals surface area contributed by atoms with E-state index in [9.17, 15) is 15.3 Å². The molecule has 5 rings (SSSR count). The first-order chi connectivity index (χ1) is 15.6. The summed E-state index contributed by atoms with van der Waals surface area (Å²) in [6.07, 6.45) is 3.85. The van der Waals surface area contributed by atoms with Crippen molar-refractivity contribution in [3.8, 4) is 12.1 Å². The summed E-state index contributed by atoms with van der Waals surface area (Å²) < 4.78 is 0.938. The predicted octanol–water partition coefficient (Wildman–Crippen LogP) is 5.70. The van der Waals surface area contributed by atoms with Crippen LogP contribution >= 0.6 is 22.6 Å². The van der Waals surface area contributed by atoms with Gasteiger partial charge in [0, 0.05) is 21.3 Å². The first-order valence-corrected chi connectivity index (χ1v) is 11.4. The molecule has 0 bridgehead atoms. The van der Waals surface area contributed by atoms with Gasteiger partial charge in [-0.1, -0.05) is 72.8 Å². The molecule has 2 heterocycles. The SMILES string of the molecule is N#CC1(C#N)[C@@H]2c3ccccc3C=CN2[C@@H](C(=O)c2ccccc2)[C@@H]1c1ccccc1I. The lowest BCUT2D eigenvalue weighted by atomic mass is 9.67. The van der Waals surface area contributed by atoms with Crippen LogP contribution < -0.4 is 0 Å². The topological polar surface area (TPSA) is 67.9 Å². The summed E-state index contributed by atoms with van der Waals surface area (Å²) in [5.41, 5.74) is 1.87. The number of rotatable bonds is 3. The number of hydrogen-bond donors (Lipinski definition) is 0. The molecular formula is C27H18IN3O. The van der Waals surface area contributed by atoms with Crippen molar-refractivity contribution in [3.05, 3.63) is 111 Å². The number of hydrogen-bond acceptors (Lipinski definition) is 4. The summed E-state index contributed by atoms with van der Waals surface area (Å²) in [5.74, 6) is -0.698. The van der Waals surface area contributed by atoms with Gasteiger partial charge in [-0.25, -0.2) is 0 Å². The van der Waals surface area contributed by atoms with Gasteiger partial charge in [-0.15, -0.1) is 0 Å². The summed E-state index contributed by atoms with van der Waals surface area (Å²) in [7, 11) is 0. The fourth-order valence-electron chi connectivity index (χ4n) is 5.14. The van der Waals surface area contributed by atoms with E-state index in [-0.39, 0.29) is 5.78 Å². The van der Waals surface area contributed by atoms with Crippen LogP contribution in [0, 0.1) is 31.6 Å². The smallest absolute Gasteiger partial charge is 0.185 e. The molecule has 0 radical (unpaired) electrons. The van der Waals surface area contributed by atoms with Crippen molar-refractivity contribution in [2.75, 3.05) is 0 Å². The predicted molar refractivity (Wildman–Crippen MR) is 130 cm³/mol. The molecule has 5 heteroatoms. The van der Waals surface area contributed by atoms with Crippen molar-refractivity contribution in [1.82, 2.24) is 4.90 Å². The Bertz CT molecular complexity index is 1300. The van der Waals surface area contributed by atoms with E-state index in [0.29, 0.717) is 5.56 Å². The molecule has 0 unspecified atom stereocenters. The van der Waals surface area contributed by atoms with Crippen LogP contribution in [0.15, 0.2) is 85.1 Å². The Hall–Kier alpha value is -3.42. The summed E-state index contributed by atoms with van der Waals surface area (Å²) >= 11 is 2.23. The molecule has 3 aromatic rings. The Kier molecular flexibility index (Phi) is 5.07. The Morgan fingerprint density at radius 1 is 0.875 bits per heavy atom. The van der Waals surface area contributed by atoms with E-state index in [1.165, 1.54) is 0 Å². The third-order valence-electron chi connectivity index (χ3n) is 6.51. The van der Waals surface area contributed by atoms with E-state index >= 15 is 0 Å². The molecule has 0 aliphatic carbocycles. The first kappa shape index (κ1) is 20.5. The zero-order valence-electron chi connectivity index (χ0n) is 17.0. The van der Waals surface area contributed by atoms with Gasteiger partial charge in [0.1, 0.15) is 6.04 Å². The highest BCUT2D eigenvalue weighted by Gasteiger charge is 2.64. The molecule has 2 aliphatic rings. The zero-order chi connectivity index (χ0) is 22.3. The van der Waals surface area contributed by atoms with Gasteiger partial charge in [0.15, 0.2) is 11.2 Å². The molecule has 0 aromatic heterocycles. The van der Waals surface area contributed by atoms with E-state index in [4.69, 9.17) is 0 Å². The van der Waals surface area contributed by atoms with Crippen LogP contribution in [-0.2, 0) is 0 Å². The number of fused-ring (bicyclic) bond motifs is 3. The largest absolute Gasteiger partial charge is 0.357 e. The number of ketones is 1. The minimum Gasteiger partial charge on any atom is -0.357 e. The molecule has 0 spiro atoms. The van der Waals surface area contributed by atoms with Gasteiger partial charge in [0.2, 0.25) is 0 Å². The third-order valence-corrected chi connectivity index (χ3v) is 7.49. The number of Topliss-reactive ketones (excluding diaryl/α,β-unsaturated/α-hetero) is 1. The van der Waals surface area contributed by atoms with E-state index in [2.05, 4.69) is 34.7 Å². The highest BCUT2D eigenvalue weighted by atomic mass is 127. The summed E-state index contributed by atoms with van der Waals surface area (Å²) in [6, 6.07) is 28.2. The monoisotopic (exact) mass is 527 g/mol. The van der Waals surface area contributed by atoms with Crippen molar-refractivity contribution in [3.63, 3.8) is 0 Å². The molecule has 154 valence electrons. The van der Waals surface area contributed by atoms with Gasteiger partial charge in [-0.3, -0.25) is 4.79 Å². The lowest BCUT2D eigenvalue weighted by molar-refractivity contribution is 0.0874. The highest BCUT2D eigenvalue weighted by molar-refractivity contribution is 14.1. The second-order valence-corrected chi connectivity index (χ2v) is 9.22. The number of halogens is 1. The zero-order valence-corrected chi connectivity index (χ0v) is 19.2. The van der Waals surface area contributed by atoms with Gasteiger partial charge in [0.05, 0.1) is 18.2 Å².